The van der Waals surface area contributed by atoms with E-state index in [1.807, 2.05) is 50.2 Å². The van der Waals surface area contributed by atoms with Crippen LogP contribution in [0, 0.1) is 13.8 Å². The molecule has 28 heavy (non-hydrogen) atoms. The van der Waals surface area contributed by atoms with Crippen LogP contribution in [0.25, 0.3) is 0 Å². The second kappa shape index (κ2) is 7.13. The Morgan fingerprint density at radius 3 is 2.64 bits per heavy atom. The zero-order valence-electron chi connectivity index (χ0n) is 16.0. The molecular formula is C21H23N3O3S. The Morgan fingerprint density at radius 2 is 1.96 bits per heavy atom. The summed E-state index contributed by atoms with van der Waals surface area (Å²) in [5, 5.41) is 2.81. The molecular weight excluding hydrogens is 374 g/mol. The van der Waals surface area contributed by atoms with Crippen LogP contribution in [0.5, 0.6) is 0 Å². The Kier molecular flexibility index (Phi) is 4.79. The maximum absolute atomic E-state index is 12.9. The molecule has 1 N–H and O–H groups in total. The van der Waals surface area contributed by atoms with E-state index in [4.69, 9.17) is 0 Å². The Balaban J connectivity index is 1.53. The highest BCUT2D eigenvalue weighted by Gasteiger charge is 2.53. The quantitative estimate of drug-likeness (QED) is 0.622. The number of urea groups is 1. The van der Waals surface area contributed by atoms with Gasteiger partial charge in [0, 0.05) is 29.2 Å². The van der Waals surface area contributed by atoms with Crippen LogP contribution in [0.2, 0.25) is 0 Å². The largest absolute Gasteiger partial charge is 0.344 e. The van der Waals surface area contributed by atoms with Gasteiger partial charge in [-0.3, -0.25) is 14.5 Å². The molecule has 3 amide bonds. The van der Waals surface area contributed by atoms with Gasteiger partial charge in [-0.2, -0.15) is 11.8 Å². The van der Waals surface area contributed by atoms with Crippen molar-refractivity contribution in [2.45, 2.75) is 32.4 Å². The molecule has 7 heteroatoms. The van der Waals surface area contributed by atoms with Crippen molar-refractivity contribution >= 4 is 29.5 Å². The van der Waals surface area contributed by atoms with Gasteiger partial charge in [-0.1, -0.05) is 30.3 Å². The first-order valence-corrected chi connectivity index (χ1v) is 10.5. The first kappa shape index (κ1) is 18.8. The molecule has 0 radical (unpaired) electrons. The Labute approximate surface area is 168 Å². The lowest BCUT2D eigenvalue weighted by Gasteiger charge is -2.19. The number of ketones is 1. The molecule has 2 saturated heterocycles. The number of nitrogens with one attached hydrogen (secondary N) is 1. The minimum atomic E-state index is -0.813. The van der Waals surface area contributed by atoms with Crippen LogP contribution in [-0.2, 0) is 11.3 Å². The lowest BCUT2D eigenvalue weighted by atomic mass is 9.99. The van der Waals surface area contributed by atoms with E-state index in [0.29, 0.717) is 24.3 Å². The average molecular weight is 398 g/mol. The minimum Gasteiger partial charge on any atom is -0.344 e. The minimum absolute atomic E-state index is 0.210. The number of thioether (sulfide) groups is 1. The number of imide groups is 1. The summed E-state index contributed by atoms with van der Waals surface area (Å²) in [5.74, 6) is 0.940. The van der Waals surface area contributed by atoms with Gasteiger partial charge in [-0.05, 0) is 37.7 Å². The SMILES string of the molecule is Cc1cc(C(=O)CN2C(=O)NC3(CCSC3)C2=O)c(C)n1Cc1ccccc1. The first-order chi connectivity index (χ1) is 13.4. The van der Waals surface area contributed by atoms with Crippen molar-refractivity contribution in [3.63, 3.8) is 0 Å². The van der Waals surface area contributed by atoms with E-state index in [1.54, 1.807) is 11.8 Å². The summed E-state index contributed by atoms with van der Waals surface area (Å²) in [7, 11) is 0. The van der Waals surface area contributed by atoms with Gasteiger partial charge in [0.2, 0.25) is 0 Å². The molecule has 2 fully saturated rings. The fourth-order valence-electron chi connectivity index (χ4n) is 3.97. The number of nitrogens with zero attached hydrogens (tertiary/aromatic N) is 2. The molecule has 0 bridgehead atoms. The third kappa shape index (κ3) is 3.13. The molecule has 6 nitrogen and oxygen atoms in total. The lowest BCUT2D eigenvalue weighted by Crippen LogP contribution is -2.47. The van der Waals surface area contributed by atoms with Crippen LogP contribution in [0.3, 0.4) is 0 Å². The number of carbonyl (C=O) groups excluding carboxylic acids is 3. The fourth-order valence-corrected chi connectivity index (χ4v) is 5.30. The smallest absolute Gasteiger partial charge is 0.325 e. The number of hydrogen-bond acceptors (Lipinski definition) is 4. The van der Waals surface area contributed by atoms with Crippen molar-refractivity contribution in [2.24, 2.45) is 0 Å². The number of carbonyl (C=O) groups is 3. The summed E-state index contributed by atoms with van der Waals surface area (Å²) in [6.45, 7) is 4.33. The zero-order chi connectivity index (χ0) is 19.9. The first-order valence-electron chi connectivity index (χ1n) is 9.37. The number of Topliss-reactive ketones (excluding diaryl/α,β-unsaturated/α-hetero) is 1. The van der Waals surface area contributed by atoms with Crippen molar-refractivity contribution < 1.29 is 14.4 Å². The van der Waals surface area contributed by atoms with Crippen LogP contribution in [0.4, 0.5) is 4.79 Å². The summed E-state index contributed by atoms with van der Waals surface area (Å²) in [5.41, 5.74) is 2.73. The van der Waals surface area contributed by atoms with Crippen molar-refractivity contribution in [1.29, 1.82) is 0 Å². The number of aromatic nitrogens is 1. The van der Waals surface area contributed by atoms with E-state index in [1.165, 1.54) is 0 Å². The van der Waals surface area contributed by atoms with Crippen LogP contribution >= 0.6 is 11.8 Å². The maximum Gasteiger partial charge on any atom is 0.325 e. The van der Waals surface area contributed by atoms with Gasteiger partial charge in [0.25, 0.3) is 5.91 Å². The normalized spacial score (nSPS) is 21.6. The third-order valence-electron chi connectivity index (χ3n) is 5.63. The highest BCUT2D eigenvalue weighted by atomic mass is 32.2. The molecule has 3 heterocycles. The van der Waals surface area contributed by atoms with E-state index >= 15 is 0 Å². The topological polar surface area (TPSA) is 71.4 Å². The molecule has 2 aliphatic rings. The van der Waals surface area contributed by atoms with E-state index in [-0.39, 0.29) is 18.2 Å². The molecule has 146 valence electrons. The molecule has 4 rings (SSSR count). The second-order valence-electron chi connectivity index (χ2n) is 7.49. The van der Waals surface area contributed by atoms with Gasteiger partial charge < -0.3 is 9.88 Å². The Morgan fingerprint density at radius 1 is 1.21 bits per heavy atom. The number of amides is 3. The lowest BCUT2D eigenvalue weighted by molar-refractivity contribution is -0.130. The molecule has 1 unspecified atom stereocenters. The monoisotopic (exact) mass is 397 g/mol. The van der Waals surface area contributed by atoms with Crippen molar-refractivity contribution in [1.82, 2.24) is 14.8 Å². The van der Waals surface area contributed by atoms with Crippen molar-refractivity contribution in [3.8, 4) is 0 Å². The van der Waals surface area contributed by atoms with Crippen LogP contribution in [-0.4, -0.2) is 50.8 Å². The van der Waals surface area contributed by atoms with Gasteiger partial charge >= 0.3 is 6.03 Å². The van der Waals surface area contributed by atoms with Crippen LogP contribution < -0.4 is 5.32 Å². The highest BCUT2D eigenvalue weighted by molar-refractivity contribution is 7.99. The van der Waals surface area contributed by atoms with E-state index in [9.17, 15) is 14.4 Å². The number of rotatable bonds is 5. The average Bonchev–Trinajstić information content (AvgIpc) is 3.32. The molecule has 0 aliphatic carbocycles. The second-order valence-corrected chi connectivity index (χ2v) is 8.59. The predicted molar refractivity (Wildman–Crippen MR) is 109 cm³/mol. The van der Waals surface area contributed by atoms with Gasteiger partial charge in [-0.25, -0.2) is 4.79 Å². The Hall–Kier alpha value is -2.54. The molecule has 1 aromatic heterocycles. The van der Waals surface area contributed by atoms with Crippen LogP contribution in [0.1, 0.15) is 33.7 Å². The van der Waals surface area contributed by atoms with Crippen LogP contribution in [0.15, 0.2) is 36.4 Å². The molecule has 2 aromatic rings. The summed E-state index contributed by atoms with van der Waals surface area (Å²) in [6, 6.07) is 11.4. The molecule has 0 saturated carbocycles. The standard InChI is InChI=1S/C21H23N3O3S/c1-14-10-17(15(2)23(14)11-16-6-4-3-5-7-16)18(25)12-24-19(26)21(22-20(24)27)8-9-28-13-21/h3-7,10H,8-9,11-13H2,1-2H3,(H,22,27). The number of benzene rings is 1. The molecule has 2 aliphatic heterocycles. The fraction of sp³-hybridized carbons (Fsp3) is 0.381. The summed E-state index contributed by atoms with van der Waals surface area (Å²) < 4.78 is 2.09. The number of aryl methyl sites for hydroxylation is 1. The van der Waals surface area contributed by atoms with E-state index in [2.05, 4.69) is 9.88 Å². The molecule has 1 aromatic carbocycles. The summed E-state index contributed by atoms with van der Waals surface area (Å²) >= 11 is 1.65. The van der Waals surface area contributed by atoms with E-state index in [0.717, 1.165) is 27.6 Å². The van der Waals surface area contributed by atoms with Gasteiger partial charge in [0.15, 0.2) is 5.78 Å². The number of hydrogen-bond donors (Lipinski definition) is 1. The summed E-state index contributed by atoms with van der Waals surface area (Å²) in [4.78, 5) is 39.1. The summed E-state index contributed by atoms with van der Waals surface area (Å²) in [6.07, 6.45) is 0.624. The molecule has 1 atom stereocenters. The van der Waals surface area contributed by atoms with Gasteiger partial charge in [0.05, 0.1) is 6.54 Å². The predicted octanol–water partition coefficient (Wildman–Crippen LogP) is 2.76. The van der Waals surface area contributed by atoms with Crippen molar-refractivity contribution in [3.05, 3.63) is 58.9 Å². The Bertz CT molecular complexity index is 945. The maximum atomic E-state index is 12.9. The third-order valence-corrected chi connectivity index (χ3v) is 6.82. The van der Waals surface area contributed by atoms with Gasteiger partial charge in [0.1, 0.15) is 5.54 Å². The van der Waals surface area contributed by atoms with Crippen molar-refractivity contribution in [2.75, 3.05) is 18.1 Å². The van der Waals surface area contributed by atoms with Gasteiger partial charge in [-0.15, -0.1) is 0 Å². The molecule has 1 spiro atoms. The zero-order valence-corrected chi connectivity index (χ0v) is 16.8. The van der Waals surface area contributed by atoms with E-state index < -0.39 is 11.6 Å². The highest BCUT2D eigenvalue weighted by Crippen LogP contribution is 2.33.